The van der Waals surface area contributed by atoms with Gasteiger partial charge < -0.3 is 5.32 Å². The lowest BCUT2D eigenvalue weighted by Gasteiger charge is -2.08. The molecule has 2 aromatic heterocycles. The fourth-order valence-electron chi connectivity index (χ4n) is 2.80. The average molecular weight is 390 g/mol. The predicted molar refractivity (Wildman–Crippen MR) is 89.1 cm³/mol. The highest BCUT2D eigenvalue weighted by atomic mass is 35.5. The number of hydrogen-bond acceptors (Lipinski definition) is 3. The summed E-state index contributed by atoms with van der Waals surface area (Å²) < 4.78 is 42.0. The van der Waals surface area contributed by atoms with E-state index in [4.69, 9.17) is 11.6 Å². The van der Waals surface area contributed by atoms with Crippen molar-refractivity contribution in [2.45, 2.75) is 44.8 Å². The summed E-state index contributed by atoms with van der Waals surface area (Å²) >= 11 is 5.93. The first-order valence-corrected chi connectivity index (χ1v) is 8.68. The molecule has 1 saturated carbocycles. The van der Waals surface area contributed by atoms with E-state index in [2.05, 4.69) is 15.5 Å². The van der Waals surface area contributed by atoms with Crippen molar-refractivity contribution < 1.29 is 18.0 Å². The molecule has 0 aromatic carbocycles. The van der Waals surface area contributed by atoms with Crippen LogP contribution in [0.5, 0.6) is 0 Å². The predicted octanol–water partition coefficient (Wildman–Crippen LogP) is 3.29. The van der Waals surface area contributed by atoms with Gasteiger partial charge in [-0.15, -0.1) is 0 Å². The lowest BCUT2D eigenvalue weighted by atomic mass is 10.2. The molecule has 1 aliphatic carbocycles. The van der Waals surface area contributed by atoms with E-state index in [1.165, 1.54) is 10.9 Å². The summed E-state index contributed by atoms with van der Waals surface area (Å²) in [5.74, 6) is -0.216. The van der Waals surface area contributed by atoms with E-state index in [1.54, 1.807) is 18.7 Å². The fraction of sp³-hybridized carbons (Fsp3) is 0.562. The second-order valence-corrected chi connectivity index (χ2v) is 6.80. The maximum Gasteiger partial charge on any atom is 0.436 e. The van der Waals surface area contributed by atoms with E-state index in [1.807, 2.05) is 0 Å². The zero-order valence-electron chi connectivity index (χ0n) is 14.4. The maximum absolute atomic E-state index is 13.0. The minimum Gasteiger partial charge on any atom is -0.352 e. The van der Waals surface area contributed by atoms with Gasteiger partial charge in [0.25, 0.3) is 5.91 Å². The molecule has 26 heavy (non-hydrogen) atoms. The molecule has 0 saturated heterocycles. The molecule has 1 aliphatic rings. The SMILES string of the molecule is Cc1c(C(=O)NCCCn2nc(C(F)(F)F)c(Cl)c2C2CC2)cnn1C. The fourth-order valence-corrected chi connectivity index (χ4v) is 3.20. The van der Waals surface area contributed by atoms with Crippen molar-refractivity contribution >= 4 is 17.5 Å². The minimum absolute atomic E-state index is 0.0405. The Bertz CT molecular complexity index is 823. The van der Waals surface area contributed by atoms with Crippen LogP contribution in [0.3, 0.4) is 0 Å². The van der Waals surface area contributed by atoms with Gasteiger partial charge in [0, 0.05) is 31.7 Å². The number of nitrogens with one attached hydrogen (secondary N) is 1. The first-order chi connectivity index (χ1) is 12.2. The number of nitrogens with zero attached hydrogens (tertiary/aromatic N) is 4. The van der Waals surface area contributed by atoms with Crippen molar-refractivity contribution in [3.05, 3.63) is 33.9 Å². The van der Waals surface area contributed by atoms with E-state index < -0.39 is 11.9 Å². The maximum atomic E-state index is 13.0. The third-order valence-electron chi connectivity index (χ3n) is 4.48. The summed E-state index contributed by atoms with van der Waals surface area (Å²) in [6, 6.07) is 0. The molecule has 3 rings (SSSR count). The van der Waals surface area contributed by atoms with Gasteiger partial charge in [0.05, 0.1) is 22.5 Å². The highest BCUT2D eigenvalue weighted by Gasteiger charge is 2.41. The first kappa shape index (κ1) is 18.8. The third-order valence-corrected chi connectivity index (χ3v) is 4.85. The van der Waals surface area contributed by atoms with Gasteiger partial charge in [-0.2, -0.15) is 23.4 Å². The number of hydrogen-bond donors (Lipinski definition) is 1. The van der Waals surface area contributed by atoms with E-state index in [0.717, 1.165) is 18.5 Å². The van der Waals surface area contributed by atoms with Gasteiger partial charge >= 0.3 is 6.18 Å². The number of aryl methyl sites for hydroxylation is 2. The van der Waals surface area contributed by atoms with Gasteiger partial charge in [-0.05, 0) is 26.2 Å². The normalized spacial score (nSPS) is 14.7. The van der Waals surface area contributed by atoms with E-state index >= 15 is 0 Å². The quantitative estimate of drug-likeness (QED) is 0.771. The Balaban J connectivity index is 1.61. The average Bonchev–Trinajstić information content (AvgIpc) is 3.25. The molecule has 2 heterocycles. The molecule has 0 radical (unpaired) electrons. The third kappa shape index (κ3) is 3.72. The summed E-state index contributed by atoms with van der Waals surface area (Å²) in [5, 5.41) is 10.1. The molecule has 0 spiro atoms. The highest BCUT2D eigenvalue weighted by Crippen LogP contribution is 2.46. The van der Waals surface area contributed by atoms with Gasteiger partial charge in [-0.25, -0.2) is 0 Å². The standard InChI is InChI=1S/C16H19ClF3N5O/c1-9-11(8-22-24(9)2)15(26)21-6-3-7-25-13(10-4-5-10)12(17)14(23-25)16(18,19)20/h8,10H,3-7H2,1-2H3,(H,21,26). The Kier molecular flexibility index (Phi) is 5.01. The summed E-state index contributed by atoms with van der Waals surface area (Å²) in [5.41, 5.74) is 0.643. The van der Waals surface area contributed by atoms with Crippen LogP contribution in [-0.2, 0) is 19.8 Å². The molecule has 0 unspecified atom stereocenters. The van der Waals surface area contributed by atoms with Crippen LogP contribution in [0.15, 0.2) is 6.20 Å². The van der Waals surface area contributed by atoms with Crippen molar-refractivity contribution in [3.63, 3.8) is 0 Å². The van der Waals surface area contributed by atoms with Crippen molar-refractivity contribution in [1.29, 1.82) is 0 Å². The molecular formula is C16H19ClF3N5O. The number of aromatic nitrogens is 4. The Labute approximate surface area is 153 Å². The van der Waals surface area contributed by atoms with Gasteiger partial charge in [0.1, 0.15) is 0 Å². The van der Waals surface area contributed by atoms with Crippen molar-refractivity contribution in [2.24, 2.45) is 7.05 Å². The second kappa shape index (κ2) is 6.94. The van der Waals surface area contributed by atoms with Crippen LogP contribution < -0.4 is 5.32 Å². The van der Waals surface area contributed by atoms with Gasteiger partial charge in [0.15, 0.2) is 5.69 Å². The van der Waals surface area contributed by atoms with Crippen LogP contribution in [0.25, 0.3) is 0 Å². The number of carbonyl (C=O) groups is 1. The first-order valence-electron chi connectivity index (χ1n) is 8.30. The molecule has 0 aliphatic heterocycles. The molecule has 0 bridgehead atoms. The van der Waals surface area contributed by atoms with Crippen molar-refractivity contribution in [1.82, 2.24) is 24.9 Å². The van der Waals surface area contributed by atoms with E-state index in [0.29, 0.717) is 24.2 Å². The van der Waals surface area contributed by atoms with Crippen molar-refractivity contribution in [2.75, 3.05) is 6.54 Å². The minimum atomic E-state index is -4.57. The lowest BCUT2D eigenvalue weighted by molar-refractivity contribution is -0.141. The molecule has 0 atom stereocenters. The summed E-state index contributed by atoms with van der Waals surface area (Å²) in [6.45, 7) is 2.36. The zero-order chi connectivity index (χ0) is 19.1. The lowest BCUT2D eigenvalue weighted by Crippen LogP contribution is -2.26. The van der Waals surface area contributed by atoms with Crippen LogP contribution >= 0.6 is 11.6 Å². The molecule has 10 heteroatoms. The number of carbonyl (C=O) groups excluding carboxylic acids is 1. The molecule has 1 amide bonds. The molecule has 1 N–H and O–H groups in total. The van der Waals surface area contributed by atoms with Crippen LogP contribution in [0.1, 0.15) is 52.6 Å². The number of rotatable bonds is 6. The molecule has 1 fully saturated rings. The van der Waals surface area contributed by atoms with Gasteiger partial charge in [-0.1, -0.05) is 11.6 Å². The van der Waals surface area contributed by atoms with Crippen LogP contribution in [0.2, 0.25) is 5.02 Å². The van der Waals surface area contributed by atoms with Crippen LogP contribution in [0.4, 0.5) is 13.2 Å². The molecule has 6 nitrogen and oxygen atoms in total. The highest BCUT2D eigenvalue weighted by molar-refractivity contribution is 6.32. The van der Waals surface area contributed by atoms with Crippen LogP contribution in [-0.4, -0.2) is 32.0 Å². The number of halogens is 4. The topological polar surface area (TPSA) is 64.7 Å². The zero-order valence-corrected chi connectivity index (χ0v) is 15.2. The monoisotopic (exact) mass is 389 g/mol. The molecular weight excluding hydrogens is 371 g/mol. The Morgan fingerprint density at radius 2 is 2.12 bits per heavy atom. The number of amides is 1. The summed E-state index contributed by atoms with van der Waals surface area (Å²) in [4.78, 5) is 12.1. The summed E-state index contributed by atoms with van der Waals surface area (Å²) in [7, 11) is 1.74. The molecule has 2 aromatic rings. The van der Waals surface area contributed by atoms with Gasteiger partial charge in [0.2, 0.25) is 0 Å². The summed E-state index contributed by atoms with van der Waals surface area (Å²) in [6.07, 6.45) is -1.00. The van der Waals surface area contributed by atoms with Crippen LogP contribution in [0, 0.1) is 6.92 Å². The van der Waals surface area contributed by atoms with Gasteiger partial charge in [-0.3, -0.25) is 14.2 Å². The van der Waals surface area contributed by atoms with E-state index in [-0.39, 0.29) is 23.4 Å². The van der Waals surface area contributed by atoms with Crippen molar-refractivity contribution in [3.8, 4) is 0 Å². The Morgan fingerprint density at radius 3 is 2.65 bits per heavy atom. The number of alkyl halides is 3. The second-order valence-electron chi connectivity index (χ2n) is 6.42. The Morgan fingerprint density at radius 1 is 1.42 bits per heavy atom. The smallest absolute Gasteiger partial charge is 0.352 e. The Hall–Kier alpha value is -2.03. The van der Waals surface area contributed by atoms with E-state index in [9.17, 15) is 18.0 Å². The largest absolute Gasteiger partial charge is 0.436 e. The molecule has 142 valence electrons.